The standard InChI is InChI=1S/C17H16OS/c1-9-5-13-15(7-11(9)3)19-16-8-12(4)10(2)6-14(16)17(13)18/h5-8H,1-4H3. The Kier molecular flexibility index (Phi) is 2.72. The zero-order chi connectivity index (χ0) is 13.7. The molecule has 3 rings (SSSR count). The SMILES string of the molecule is Cc1cc2sc3cc(C)c(C)cc3c(=O)c2cc1C. The second-order valence-corrected chi connectivity index (χ2v) is 6.38. The molecule has 0 aliphatic carbocycles. The molecule has 19 heavy (non-hydrogen) atoms. The van der Waals surface area contributed by atoms with Crippen LogP contribution in [0.5, 0.6) is 0 Å². The van der Waals surface area contributed by atoms with Crippen molar-refractivity contribution in [2.75, 3.05) is 0 Å². The van der Waals surface area contributed by atoms with Crippen LogP contribution in [0.2, 0.25) is 0 Å². The maximum Gasteiger partial charge on any atom is 0.195 e. The first-order valence-corrected chi connectivity index (χ1v) is 7.24. The highest BCUT2D eigenvalue weighted by Gasteiger charge is 2.08. The van der Waals surface area contributed by atoms with Gasteiger partial charge in [0, 0.05) is 20.2 Å². The van der Waals surface area contributed by atoms with Crippen molar-refractivity contribution in [1.29, 1.82) is 0 Å². The number of fused-ring (bicyclic) bond motifs is 2. The average molecular weight is 268 g/mol. The average Bonchev–Trinajstić information content (AvgIpc) is 2.35. The first kappa shape index (κ1) is 12.4. The van der Waals surface area contributed by atoms with Gasteiger partial charge >= 0.3 is 0 Å². The molecule has 1 aromatic heterocycles. The lowest BCUT2D eigenvalue weighted by molar-refractivity contribution is 1.36. The molecule has 0 aliphatic heterocycles. The maximum absolute atomic E-state index is 12.6. The minimum absolute atomic E-state index is 0.162. The van der Waals surface area contributed by atoms with Crippen molar-refractivity contribution in [3.05, 3.63) is 56.7 Å². The van der Waals surface area contributed by atoms with Crippen molar-refractivity contribution in [2.24, 2.45) is 0 Å². The lowest BCUT2D eigenvalue weighted by atomic mass is 10.0. The largest absolute Gasteiger partial charge is 0.289 e. The highest BCUT2D eigenvalue weighted by atomic mass is 32.1. The summed E-state index contributed by atoms with van der Waals surface area (Å²) in [5.74, 6) is 0. The van der Waals surface area contributed by atoms with E-state index in [0.717, 1.165) is 20.2 Å². The molecule has 0 spiro atoms. The van der Waals surface area contributed by atoms with Crippen LogP contribution in [0.4, 0.5) is 0 Å². The number of aryl methyl sites for hydroxylation is 4. The van der Waals surface area contributed by atoms with E-state index in [0.29, 0.717) is 0 Å². The van der Waals surface area contributed by atoms with Gasteiger partial charge in [-0.05, 0) is 74.2 Å². The van der Waals surface area contributed by atoms with Crippen molar-refractivity contribution in [2.45, 2.75) is 27.7 Å². The molecular weight excluding hydrogens is 252 g/mol. The summed E-state index contributed by atoms with van der Waals surface area (Å²) in [5.41, 5.74) is 5.01. The predicted octanol–water partition coefficient (Wildman–Crippen LogP) is 4.65. The molecule has 0 N–H and O–H groups in total. The molecule has 2 aromatic carbocycles. The Hall–Kier alpha value is -1.67. The van der Waals surface area contributed by atoms with Gasteiger partial charge in [0.15, 0.2) is 5.43 Å². The van der Waals surface area contributed by atoms with E-state index in [1.54, 1.807) is 11.3 Å². The number of benzene rings is 2. The first-order chi connectivity index (χ1) is 8.97. The smallest absolute Gasteiger partial charge is 0.195 e. The molecule has 0 bridgehead atoms. The lowest BCUT2D eigenvalue weighted by Crippen LogP contribution is -2.02. The van der Waals surface area contributed by atoms with Crippen LogP contribution in [0.3, 0.4) is 0 Å². The van der Waals surface area contributed by atoms with Gasteiger partial charge in [0.2, 0.25) is 0 Å². The molecule has 0 fully saturated rings. The molecule has 0 radical (unpaired) electrons. The number of rotatable bonds is 0. The molecule has 0 saturated heterocycles. The Bertz CT molecular complexity index is 803. The zero-order valence-electron chi connectivity index (χ0n) is 11.6. The van der Waals surface area contributed by atoms with E-state index in [2.05, 4.69) is 39.8 Å². The van der Waals surface area contributed by atoms with Crippen LogP contribution < -0.4 is 5.43 Å². The van der Waals surface area contributed by atoms with Gasteiger partial charge < -0.3 is 0 Å². The van der Waals surface area contributed by atoms with Gasteiger partial charge in [-0.3, -0.25) is 4.79 Å². The van der Waals surface area contributed by atoms with E-state index in [1.165, 1.54) is 22.3 Å². The van der Waals surface area contributed by atoms with E-state index >= 15 is 0 Å². The summed E-state index contributed by atoms with van der Waals surface area (Å²) in [4.78, 5) is 12.6. The molecule has 1 heterocycles. The molecule has 0 aliphatic rings. The summed E-state index contributed by atoms with van der Waals surface area (Å²) in [6.45, 7) is 8.31. The molecule has 0 amide bonds. The van der Waals surface area contributed by atoms with Gasteiger partial charge in [-0.15, -0.1) is 11.3 Å². The fourth-order valence-electron chi connectivity index (χ4n) is 2.37. The normalized spacial score (nSPS) is 11.4. The van der Waals surface area contributed by atoms with Crippen molar-refractivity contribution >= 4 is 31.5 Å². The summed E-state index contributed by atoms with van der Waals surface area (Å²) in [7, 11) is 0. The highest BCUT2D eigenvalue weighted by molar-refractivity contribution is 7.24. The van der Waals surface area contributed by atoms with Gasteiger partial charge in [-0.1, -0.05) is 0 Å². The fourth-order valence-corrected chi connectivity index (χ4v) is 3.60. The lowest BCUT2D eigenvalue weighted by Gasteiger charge is -2.07. The first-order valence-electron chi connectivity index (χ1n) is 6.42. The quantitative estimate of drug-likeness (QED) is 0.542. The Morgan fingerprint density at radius 3 is 1.47 bits per heavy atom. The Labute approximate surface area is 116 Å². The van der Waals surface area contributed by atoms with Crippen LogP contribution >= 0.6 is 11.3 Å². The highest BCUT2D eigenvalue weighted by Crippen LogP contribution is 2.28. The van der Waals surface area contributed by atoms with Crippen LogP contribution in [0.25, 0.3) is 20.2 Å². The summed E-state index contributed by atoms with van der Waals surface area (Å²) in [6, 6.07) is 8.31. The van der Waals surface area contributed by atoms with E-state index < -0.39 is 0 Å². The minimum Gasteiger partial charge on any atom is -0.289 e. The van der Waals surface area contributed by atoms with E-state index in [-0.39, 0.29) is 5.43 Å². The second-order valence-electron chi connectivity index (χ2n) is 5.30. The number of hydrogen-bond acceptors (Lipinski definition) is 2. The van der Waals surface area contributed by atoms with Crippen LogP contribution in [0, 0.1) is 27.7 Å². The predicted molar refractivity (Wildman–Crippen MR) is 84.5 cm³/mol. The zero-order valence-corrected chi connectivity index (χ0v) is 12.4. The van der Waals surface area contributed by atoms with E-state index in [1.807, 2.05) is 12.1 Å². The molecule has 0 atom stereocenters. The molecule has 0 saturated carbocycles. The Morgan fingerprint density at radius 2 is 1.05 bits per heavy atom. The summed E-state index contributed by atoms with van der Waals surface area (Å²) >= 11 is 1.71. The summed E-state index contributed by atoms with van der Waals surface area (Å²) in [5, 5.41) is 1.70. The molecule has 96 valence electrons. The third-order valence-electron chi connectivity index (χ3n) is 3.90. The maximum atomic E-state index is 12.6. The molecule has 1 nitrogen and oxygen atoms in total. The molecule has 0 unspecified atom stereocenters. The molecule has 2 heteroatoms. The van der Waals surface area contributed by atoms with Crippen molar-refractivity contribution in [3.63, 3.8) is 0 Å². The Balaban J connectivity index is 2.56. The third-order valence-corrected chi connectivity index (χ3v) is 5.02. The second kappa shape index (κ2) is 4.17. The van der Waals surface area contributed by atoms with Gasteiger partial charge in [0.1, 0.15) is 0 Å². The molecule has 3 aromatic rings. The van der Waals surface area contributed by atoms with Crippen LogP contribution in [0.15, 0.2) is 29.1 Å². The third kappa shape index (κ3) is 1.87. The topological polar surface area (TPSA) is 17.1 Å². The number of hydrogen-bond donors (Lipinski definition) is 0. The minimum atomic E-state index is 0.162. The van der Waals surface area contributed by atoms with Gasteiger partial charge in [-0.2, -0.15) is 0 Å². The monoisotopic (exact) mass is 268 g/mol. The summed E-state index contributed by atoms with van der Waals surface area (Å²) < 4.78 is 2.17. The van der Waals surface area contributed by atoms with Crippen molar-refractivity contribution < 1.29 is 0 Å². The summed E-state index contributed by atoms with van der Waals surface area (Å²) in [6.07, 6.45) is 0. The molecular formula is C17H16OS. The van der Waals surface area contributed by atoms with Crippen molar-refractivity contribution in [3.8, 4) is 0 Å². The van der Waals surface area contributed by atoms with Crippen molar-refractivity contribution in [1.82, 2.24) is 0 Å². The fraction of sp³-hybridized carbons (Fsp3) is 0.235. The van der Waals surface area contributed by atoms with E-state index in [4.69, 9.17) is 0 Å². The van der Waals surface area contributed by atoms with Crippen LogP contribution in [0.1, 0.15) is 22.3 Å². The van der Waals surface area contributed by atoms with Gasteiger partial charge in [0.25, 0.3) is 0 Å². The van der Waals surface area contributed by atoms with E-state index in [9.17, 15) is 4.79 Å². The van der Waals surface area contributed by atoms with Crippen LogP contribution in [-0.4, -0.2) is 0 Å². The van der Waals surface area contributed by atoms with Crippen LogP contribution in [-0.2, 0) is 0 Å². The Morgan fingerprint density at radius 1 is 0.684 bits per heavy atom. The van der Waals surface area contributed by atoms with Gasteiger partial charge in [0.05, 0.1) is 0 Å². The van der Waals surface area contributed by atoms with Gasteiger partial charge in [-0.25, -0.2) is 0 Å².